The van der Waals surface area contributed by atoms with E-state index in [-0.39, 0.29) is 16.9 Å². The molecule has 4 unspecified atom stereocenters. The van der Waals surface area contributed by atoms with Crippen LogP contribution >= 0.6 is 11.6 Å². The van der Waals surface area contributed by atoms with Crippen molar-refractivity contribution in [1.82, 2.24) is 15.1 Å². The first-order valence-corrected chi connectivity index (χ1v) is 15.0. The van der Waals surface area contributed by atoms with E-state index in [2.05, 4.69) is 79.2 Å². The number of benzene rings is 2. The van der Waals surface area contributed by atoms with E-state index in [0.717, 1.165) is 18.5 Å². The van der Waals surface area contributed by atoms with Gasteiger partial charge in [0.15, 0.2) is 0 Å². The van der Waals surface area contributed by atoms with E-state index < -0.39 is 0 Å². The summed E-state index contributed by atoms with van der Waals surface area (Å²) < 4.78 is 6.50. The van der Waals surface area contributed by atoms with Gasteiger partial charge in [-0.05, 0) is 68.1 Å². The molecule has 2 aromatic carbocycles. The number of fused-ring (bicyclic) bond motifs is 3. The summed E-state index contributed by atoms with van der Waals surface area (Å²) in [7, 11) is 0. The maximum Gasteiger partial charge on any atom is 0.121 e. The number of nitrogens with zero attached hydrogens (tertiary/aromatic N) is 3. The minimum atomic E-state index is -0.126. The fourth-order valence-corrected chi connectivity index (χ4v) is 8.41. The second-order valence-electron chi connectivity index (χ2n) is 12.8. The lowest BCUT2D eigenvalue weighted by molar-refractivity contribution is -0.140. The van der Waals surface area contributed by atoms with Gasteiger partial charge >= 0.3 is 0 Å². The fourth-order valence-electron chi connectivity index (χ4n) is 8.19. The van der Waals surface area contributed by atoms with Crippen LogP contribution in [0.4, 0.5) is 0 Å². The summed E-state index contributed by atoms with van der Waals surface area (Å²) in [5.74, 6) is 0.711. The first-order valence-electron chi connectivity index (χ1n) is 14.7. The lowest BCUT2D eigenvalue weighted by atomic mass is 9.49. The number of likely N-dealkylation sites (tertiary alicyclic amines) is 1. The summed E-state index contributed by atoms with van der Waals surface area (Å²) in [4.78, 5) is 5.43. The molecular weight excluding hydrogens is 504 g/mol. The molecule has 0 amide bonds. The third kappa shape index (κ3) is 4.65. The molecule has 5 nitrogen and oxygen atoms in total. The maximum atomic E-state index is 9.19. The van der Waals surface area contributed by atoms with E-state index in [1.54, 1.807) is 12.1 Å². The zero-order valence-corrected chi connectivity index (χ0v) is 24.5. The summed E-state index contributed by atoms with van der Waals surface area (Å²) >= 11 is 6.27. The third-order valence-electron chi connectivity index (χ3n) is 9.96. The van der Waals surface area contributed by atoms with Gasteiger partial charge in [0.05, 0.1) is 10.6 Å². The number of rotatable bonds is 8. The van der Waals surface area contributed by atoms with Crippen LogP contribution < -0.4 is 10.1 Å². The van der Waals surface area contributed by atoms with Gasteiger partial charge in [0.1, 0.15) is 17.9 Å². The maximum absolute atomic E-state index is 9.19. The van der Waals surface area contributed by atoms with Gasteiger partial charge in [-0.3, -0.25) is 4.90 Å². The van der Waals surface area contributed by atoms with Gasteiger partial charge in [-0.15, -0.1) is 0 Å². The minimum Gasteiger partial charge on any atom is -0.489 e. The Hall–Kier alpha value is -2.52. The molecule has 1 saturated carbocycles. The summed E-state index contributed by atoms with van der Waals surface area (Å²) in [6.07, 6.45) is 7.48. The topological polar surface area (TPSA) is 51.5 Å². The molecule has 1 N–H and O–H groups in total. The van der Waals surface area contributed by atoms with Crippen molar-refractivity contribution in [3.63, 3.8) is 0 Å². The van der Waals surface area contributed by atoms with E-state index in [9.17, 15) is 5.26 Å². The fraction of sp³-hybridized carbons (Fsp3) is 0.545. The molecule has 3 aliphatic heterocycles. The highest BCUT2D eigenvalue weighted by atomic mass is 35.5. The zero-order valence-electron chi connectivity index (χ0n) is 23.7. The summed E-state index contributed by atoms with van der Waals surface area (Å²) in [6, 6.07) is 18.5. The Morgan fingerprint density at radius 3 is 2.44 bits per heavy atom. The lowest BCUT2D eigenvalue weighted by Crippen LogP contribution is -2.71. The second kappa shape index (κ2) is 10.1. The molecule has 0 aromatic heterocycles. The van der Waals surface area contributed by atoms with Crippen LogP contribution in [0, 0.1) is 22.2 Å². The number of likely N-dealkylation sites (N-methyl/N-ethyl adjacent to an activating group) is 1. The van der Waals surface area contributed by atoms with E-state index in [1.807, 2.05) is 6.07 Å². The first kappa shape index (κ1) is 26.7. The minimum absolute atomic E-state index is 0.00212. The number of aryl methyl sites for hydroxylation is 1. The van der Waals surface area contributed by atoms with Crippen molar-refractivity contribution >= 4 is 17.3 Å². The SMILES string of the molecule is CCN1C2CCC1CN(CCCc1ccc(C3=CC4(C)C(Oc5ccc(C#N)c(Cl)c5)C(C)(C)[C@H]4N3)cc1)C2. The van der Waals surface area contributed by atoms with Crippen LogP contribution in [0.2, 0.25) is 5.02 Å². The molecule has 4 aliphatic rings. The molecule has 0 radical (unpaired) electrons. The van der Waals surface area contributed by atoms with Gasteiger partial charge < -0.3 is 15.0 Å². The molecule has 206 valence electrons. The van der Waals surface area contributed by atoms with Gasteiger partial charge in [0.2, 0.25) is 0 Å². The molecule has 3 heterocycles. The zero-order chi connectivity index (χ0) is 27.4. The molecule has 3 fully saturated rings. The van der Waals surface area contributed by atoms with Gasteiger partial charge in [-0.25, -0.2) is 0 Å². The van der Waals surface area contributed by atoms with Gasteiger partial charge in [-0.1, -0.05) is 63.6 Å². The molecule has 6 heteroatoms. The number of nitrogens with one attached hydrogen (secondary N) is 1. The number of nitriles is 1. The highest BCUT2D eigenvalue weighted by Crippen LogP contribution is 2.60. The Labute approximate surface area is 238 Å². The lowest BCUT2D eigenvalue weighted by Gasteiger charge is -2.60. The Morgan fingerprint density at radius 1 is 1.08 bits per heavy atom. The summed E-state index contributed by atoms with van der Waals surface area (Å²) in [5, 5.41) is 13.4. The van der Waals surface area contributed by atoms with Crippen LogP contribution in [0.1, 0.15) is 63.6 Å². The van der Waals surface area contributed by atoms with Crippen molar-refractivity contribution in [1.29, 1.82) is 5.26 Å². The molecular formula is C33H41ClN4O. The number of hydrogen-bond donors (Lipinski definition) is 1. The first-order chi connectivity index (χ1) is 18.7. The summed E-state index contributed by atoms with van der Waals surface area (Å²) in [6.45, 7) is 14.0. The Bertz CT molecular complexity index is 1280. The largest absolute Gasteiger partial charge is 0.489 e. The van der Waals surface area contributed by atoms with E-state index in [4.69, 9.17) is 16.3 Å². The van der Waals surface area contributed by atoms with Crippen molar-refractivity contribution in [3.05, 3.63) is 70.3 Å². The monoisotopic (exact) mass is 544 g/mol. The van der Waals surface area contributed by atoms with Crippen LogP contribution in [0.25, 0.3) is 5.70 Å². The van der Waals surface area contributed by atoms with Gasteiger partial charge in [-0.2, -0.15) is 5.26 Å². The molecule has 1 aliphatic carbocycles. The highest BCUT2D eigenvalue weighted by molar-refractivity contribution is 6.31. The highest BCUT2D eigenvalue weighted by Gasteiger charge is 2.67. The predicted octanol–water partition coefficient (Wildman–Crippen LogP) is 6.12. The second-order valence-corrected chi connectivity index (χ2v) is 13.3. The van der Waals surface area contributed by atoms with Crippen molar-refractivity contribution in [2.24, 2.45) is 10.8 Å². The van der Waals surface area contributed by atoms with Crippen molar-refractivity contribution < 1.29 is 4.74 Å². The molecule has 6 rings (SSSR count). The van der Waals surface area contributed by atoms with Crippen LogP contribution in [0.15, 0.2) is 48.5 Å². The van der Waals surface area contributed by atoms with E-state index >= 15 is 0 Å². The van der Waals surface area contributed by atoms with E-state index in [0.29, 0.717) is 22.4 Å². The van der Waals surface area contributed by atoms with Crippen molar-refractivity contribution in [3.8, 4) is 11.8 Å². The van der Waals surface area contributed by atoms with Crippen molar-refractivity contribution in [2.45, 2.75) is 77.6 Å². The molecule has 5 atom stereocenters. The molecule has 2 bridgehead atoms. The number of ether oxygens (including phenoxy) is 1. The normalized spacial score (nSPS) is 31.1. The van der Waals surface area contributed by atoms with Crippen LogP contribution in [0.5, 0.6) is 5.75 Å². The Morgan fingerprint density at radius 2 is 1.79 bits per heavy atom. The van der Waals surface area contributed by atoms with Crippen LogP contribution in [-0.2, 0) is 6.42 Å². The van der Waals surface area contributed by atoms with Gasteiger partial charge in [0, 0.05) is 53.8 Å². The third-order valence-corrected chi connectivity index (χ3v) is 10.3. The average molecular weight is 545 g/mol. The smallest absolute Gasteiger partial charge is 0.121 e. The number of piperazine rings is 1. The van der Waals surface area contributed by atoms with Crippen molar-refractivity contribution in [2.75, 3.05) is 26.2 Å². The van der Waals surface area contributed by atoms with Crippen LogP contribution in [-0.4, -0.2) is 60.2 Å². The number of hydrogen-bond acceptors (Lipinski definition) is 5. The molecule has 0 spiro atoms. The van der Waals surface area contributed by atoms with Crippen LogP contribution in [0.3, 0.4) is 0 Å². The molecule has 2 saturated heterocycles. The Kier molecular flexibility index (Phi) is 6.94. The summed E-state index contributed by atoms with van der Waals surface area (Å²) in [5.41, 5.74) is 4.12. The number of halogens is 1. The predicted molar refractivity (Wildman–Crippen MR) is 158 cm³/mol. The van der Waals surface area contributed by atoms with Gasteiger partial charge in [0.25, 0.3) is 0 Å². The molecule has 39 heavy (non-hydrogen) atoms. The average Bonchev–Trinajstić information content (AvgIpc) is 3.39. The quantitative estimate of drug-likeness (QED) is 0.434. The van der Waals surface area contributed by atoms with E-state index in [1.165, 1.54) is 62.3 Å². The molecule has 2 aromatic rings. The standard InChI is InChI=1S/C33H41ClN4O/c1-5-38-25-13-14-26(38)21-37(20-25)16-6-7-22-8-10-23(11-9-22)29-18-33(4)30(36-29)32(2,3)31(33)39-27-15-12-24(19-35)28(34)17-27/h8-12,15,17-18,25-26,30-31,36H,5-7,13-14,16,20-21H2,1-4H3/t25?,26?,30-,31?,33?/m1/s1. The Balaban J connectivity index is 1.07.